The number of carbonyl (C=O) groups is 1. The lowest BCUT2D eigenvalue weighted by Crippen LogP contribution is -2.39. The fourth-order valence-corrected chi connectivity index (χ4v) is 3.58. The summed E-state index contributed by atoms with van der Waals surface area (Å²) in [6.07, 6.45) is -0.169. The molecule has 4 heteroatoms. The Balaban J connectivity index is 1.46. The van der Waals surface area contributed by atoms with Crippen LogP contribution in [0.2, 0.25) is 0 Å². The molecule has 2 unspecified atom stereocenters. The third-order valence-electron chi connectivity index (χ3n) is 4.87. The molecule has 0 aromatic heterocycles. The average Bonchev–Trinajstić information content (AvgIpc) is 2.88. The number of hydrogen-bond acceptors (Lipinski definition) is 3. The van der Waals surface area contributed by atoms with E-state index in [2.05, 4.69) is 37.4 Å². The Morgan fingerprint density at radius 1 is 1.26 bits per heavy atom. The number of nitrogens with one attached hydrogen (secondary N) is 1. The largest absolute Gasteiger partial charge is 0.444 e. The van der Waals surface area contributed by atoms with Gasteiger partial charge in [0.15, 0.2) is 0 Å². The Hall–Kier alpha value is -1.55. The third-order valence-corrected chi connectivity index (χ3v) is 4.87. The van der Waals surface area contributed by atoms with Crippen molar-refractivity contribution in [1.82, 2.24) is 10.2 Å². The molecule has 2 atom stereocenters. The van der Waals surface area contributed by atoms with Crippen LogP contribution >= 0.6 is 0 Å². The molecule has 2 fully saturated rings. The molecule has 1 N–H and O–H groups in total. The van der Waals surface area contributed by atoms with E-state index in [0.29, 0.717) is 17.9 Å². The van der Waals surface area contributed by atoms with E-state index in [4.69, 9.17) is 4.74 Å². The maximum atomic E-state index is 12.1. The van der Waals surface area contributed by atoms with Gasteiger partial charge < -0.3 is 15.0 Å². The number of ether oxygens (including phenoxy) is 1. The molecule has 2 aliphatic rings. The van der Waals surface area contributed by atoms with E-state index in [1.54, 1.807) is 0 Å². The zero-order chi connectivity index (χ0) is 16.8. The molecule has 0 radical (unpaired) electrons. The summed E-state index contributed by atoms with van der Waals surface area (Å²) in [5, 5.41) is 3.66. The first kappa shape index (κ1) is 16.3. The number of nitrogens with zero attached hydrogens (tertiary/aromatic N) is 1. The number of hydrogen-bond donors (Lipinski definition) is 1. The van der Waals surface area contributed by atoms with E-state index in [0.717, 1.165) is 19.6 Å². The number of aryl methyl sites for hydroxylation is 2. The molecule has 1 aliphatic carbocycles. The second-order valence-electron chi connectivity index (χ2n) is 8.05. The monoisotopic (exact) mass is 316 g/mol. The van der Waals surface area contributed by atoms with Crippen LogP contribution in [0.3, 0.4) is 0 Å². The van der Waals surface area contributed by atoms with Crippen LogP contribution in [0.5, 0.6) is 0 Å². The van der Waals surface area contributed by atoms with E-state index in [-0.39, 0.29) is 6.09 Å². The molecular weight excluding hydrogens is 288 g/mol. The molecular formula is C19H28N2O2. The van der Waals surface area contributed by atoms with Crippen molar-refractivity contribution in [3.63, 3.8) is 0 Å². The van der Waals surface area contributed by atoms with E-state index in [9.17, 15) is 4.79 Å². The highest BCUT2D eigenvalue weighted by atomic mass is 16.6. The van der Waals surface area contributed by atoms with Crippen molar-refractivity contribution >= 4 is 6.09 Å². The van der Waals surface area contributed by atoms with Gasteiger partial charge in [-0.1, -0.05) is 23.8 Å². The molecule has 1 aromatic rings. The third kappa shape index (κ3) is 3.69. The Kier molecular flexibility index (Phi) is 4.13. The first-order chi connectivity index (χ1) is 10.7. The molecule has 1 heterocycles. The van der Waals surface area contributed by atoms with Crippen molar-refractivity contribution in [2.24, 2.45) is 11.8 Å². The van der Waals surface area contributed by atoms with Gasteiger partial charge in [0.1, 0.15) is 5.60 Å². The SMILES string of the molecule is Cc1ccc(CNC2C3CN(C(=O)OC(C)(C)C)CC32)c(C)c1. The van der Waals surface area contributed by atoms with Gasteiger partial charge in [-0.25, -0.2) is 4.79 Å². The van der Waals surface area contributed by atoms with Gasteiger partial charge in [-0.15, -0.1) is 0 Å². The smallest absolute Gasteiger partial charge is 0.410 e. The number of piperidine rings is 1. The minimum absolute atomic E-state index is 0.169. The van der Waals surface area contributed by atoms with E-state index < -0.39 is 5.60 Å². The van der Waals surface area contributed by atoms with Gasteiger partial charge in [0.05, 0.1) is 0 Å². The molecule has 126 valence electrons. The summed E-state index contributed by atoms with van der Waals surface area (Å²) in [6, 6.07) is 7.16. The fraction of sp³-hybridized carbons (Fsp3) is 0.632. The number of fused-ring (bicyclic) bond motifs is 1. The topological polar surface area (TPSA) is 41.6 Å². The lowest BCUT2D eigenvalue weighted by atomic mass is 10.1. The van der Waals surface area contributed by atoms with Gasteiger partial charge in [-0.3, -0.25) is 0 Å². The minimum Gasteiger partial charge on any atom is -0.444 e. The van der Waals surface area contributed by atoms with Gasteiger partial charge >= 0.3 is 6.09 Å². The first-order valence-electron chi connectivity index (χ1n) is 8.52. The number of amides is 1. The van der Waals surface area contributed by atoms with Crippen LogP contribution in [-0.2, 0) is 11.3 Å². The quantitative estimate of drug-likeness (QED) is 0.930. The lowest BCUT2D eigenvalue weighted by molar-refractivity contribution is 0.0269. The molecule has 1 saturated heterocycles. The summed E-state index contributed by atoms with van der Waals surface area (Å²) >= 11 is 0. The Morgan fingerprint density at radius 2 is 1.91 bits per heavy atom. The van der Waals surface area contributed by atoms with E-state index in [1.165, 1.54) is 16.7 Å². The number of rotatable bonds is 3. The summed E-state index contributed by atoms with van der Waals surface area (Å²) < 4.78 is 5.45. The second kappa shape index (κ2) is 5.82. The highest BCUT2D eigenvalue weighted by Crippen LogP contribution is 2.45. The molecule has 1 aromatic carbocycles. The molecule has 0 bridgehead atoms. The van der Waals surface area contributed by atoms with Crippen LogP contribution in [0.4, 0.5) is 4.79 Å². The van der Waals surface area contributed by atoms with Gasteiger partial charge in [0.25, 0.3) is 0 Å². The molecule has 0 spiro atoms. The van der Waals surface area contributed by atoms with Crippen molar-refractivity contribution in [3.05, 3.63) is 34.9 Å². The number of carbonyl (C=O) groups excluding carboxylic acids is 1. The predicted molar refractivity (Wildman–Crippen MR) is 91.3 cm³/mol. The first-order valence-corrected chi connectivity index (χ1v) is 8.52. The molecule has 4 nitrogen and oxygen atoms in total. The van der Waals surface area contributed by atoms with Gasteiger partial charge in [-0.2, -0.15) is 0 Å². The Morgan fingerprint density at radius 3 is 2.48 bits per heavy atom. The van der Waals surface area contributed by atoms with E-state index >= 15 is 0 Å². The van der Waals surface area contributed by atoms with Crippen molar-refractivity contribution in [3.8, 4) is 0 Å². The van der Waals surface area contributed by atoms with E-state index in [1.807, 2.05) is 25.7 Å². The summed E-state index contributed by atoms with van der Waals surface area (Å²) in [5.74, 6) is 1.18. The van der Waals surface area contributed by atoms with Gasteiger partial charge in [0.2, 0.25) is 0 Å². The average molecular weight is 316 g/mol. The standard InChI is InChI=1S/C19H28N2O2/c1-12-6-7-14(13(2)8-12)9-20-17-15-10-21(11-16(15)17)18(22)23-19(3,4)5/h6-8,15-17,20H,9-11H2,1-5H3. The fourth-order valence-electron chi connectivity index (χ4n) is 3.58. The maximum Gasteiger partial charge on any atom is 0.410 e. The highest BCUT2D eigenvalue weighted by Gasteiger charge is 2.56. The predicted octanol–water partition coefficient (Wildman–Crippen LogP) is 3.26. The van der Waals surface area contributed by atoms with Gasteiger partial charge in [-0.05, 0) is 57.6 Å². The summed E-state index contributed by atoms with van der Waals surface area (Å²) in [6.45, 7) is 12.6. The van der Waals surface area contributed by atoms with Crippen molar-refractivity contribution < 1.29 is 9.53 Å². The minimum atomic E-state index is -0.412. The molecule has 1 saturated carbocycles. The van der Waals surface area contributed by atoms with Gasteiger partial charge in [0, 0.05) is 25.7 Å². The second-order valence-corrected chi connectivity index (χ2v) is 8.05. The molecule has 3 rings (SSSR count). The van der Waals surface area contributed by atoms with Crippen LogP contribution in [0.1, 0.15) is 37.5 Å². The number of likely N-dealkylation sites (tertiary alicyclic amines) is 1. The zero-order valence-electron chi connectivity index (χ0n) is 14.8. The normalized spacial score (nSPS) is 26.1. The molecule has 23 heavy (non-hydrogen) atoms. The van der Waals surface area contributed by atoms with Crippen LogP contribution in [-0.4, -0.2) is 35.7 Å². The van der Waals surface area contributed by atoms with Crippen molar-refractivity contribution in [1.29, 1.82) is 0 Å². The number of benzene rings is 1. The Bertz CT molecular complexity index is 594. The molecule has 1 amide bonds. The van der Waals surface area contributed by atoms with Crippen LogP contribution < -0.4 is 5.32 Å². The maximum absolute atomic E-state index is 12.1. The van der Waals surface area contributed by atoms with Crippen LogP contribution in [0, 0.1) is 25.7 Å². The van der Waals surface area contributed by atoms with Crippen molar-refractivity contribution in [2.45, 2.75) is 52.8 Å². The highest BCUT2D eigenvalue weighted by molar-refractivity contribution is 5.69. The van der Waals surface area contributed by atoms with Crippen LogP contribution in [0.25, 0.3) is 0 Å². The van der Waals surface area contributed by atoms with Crippen molar-refractivity contribution in [2.75, 3.05) is 13.1 Å². The molecule has 1 aliphatic heterocycles. The Labute approximate surface area is 139 Å². The zero-order valence-corrected chi connectivity index (χ0v) is 14.8. The summed E-state index contributed by atoms with van der Waals surface area (Å²) in [5.41, 5.74) is 3.61. The summed E-state index contributed by atoms with van der Waals surface area (Å²) in [4.78, 5) is 13.9. The summed E-state index contributed by atoms with van der Waals surface area (Å²) in [7, 11) is 0. The van der Waals surface area contributed by atoms with Crippen LogP contribution in [0.15, 0.2) is 18.2 Å². The lowest BCUT2D eigenvalue weighted by Gasteiger charge is -2.26.